The van der Waals surface area contributed by atoms with Crippen molar-refractivity contribution in [1.82, 2.24) is 10.2 Å². The second-order valence-electron chi connectivity index (χ2n) is 4.95. The zero-order valence-electron chi connectivity index (χ0n) is 10.6. The normalized spacial score (nSPS) is 15.1. The van der Waals surface area contributed by atoms with Gasteiger partial charge in [-0.15, -0.1) is 0 Å². The third-order valence-electron chi connectivity index (χ3n) is 3.20. The Labute approximate surface area is 102 Å². The first-order valence-corrected chi connectivity index (χ1v) is 6.07. The third kappa shape index (κ3) is 2.29. The number of rotatable bonds is 3. The van der Waals surface area contributed by atoms with Crippen molar-refractivity contribution >= 4 is 10.8 Å². The van der Waals surface area contributed by atoms with Crippen LogP contribution in [0.2, 0.25) is 0 Å². The summed E-state index contributed by atoms with van der Waals surface area (Å²) in [5.74, 6) is 0.698. The van der Waals surface area contributed by atoms with Gasteiger partial charge in [-0.3, -0.25) is 0 Å². The smallest absolute Gasteiger partial charge is 0.0758 e. The lowest BCUT2D eigenvalue weighted by molar-refractivity contribution is 0.427. The molecule has 0 saturated carbocycles. The fraction of sp³-hybridized carbons (Fsp3) is 0.429. The van der Waals surface area contributed by atoms with Crippen molar-refractivity contribution < 1.29 is 0 Å². The van der Waals surface area contributed by atoms with E-state index < -0.39 is 0 Å². The molecule has 0 amide bonds. The van der Waals surface area contributed by atoms with E-state index in [1.165, 1.54) is 5.39 Å². The summed E-state index contributed by atoms with van der Waals surface area (Å²) in [5, 5.41) is 10.7. The Hall–Kier alpha value is -1.48. The zero-order valence-corrected chi connectivity index (χ0v) is 10.6. The lowest BCUT2D eigenvalue weighted by Gasteiger charge is -2.24. The quantitative estimate of drug-likeness (QED) is 0.880. The van der Waals surface area contributed by atoms with E-state index in [0.29, 0.717) is 5.92 Å². The molecule has 0 saturated heterocycles. The average Bonchev–Trinajstić information content (AvgIpc) is 2.28. The summed E-state index contributed by atoms with van der Waals surface area (Å²) < 4.78 is 0. The van der Waals surface area contributed by atoms with Crippen LogP contribution >= 0.6 is 0 Å². The second kappa shape index (κ2) is 4.80. The van der Waals surface area contributed by atoms with E-state index in [4.69, 9.17) is 5.73 Å². The first-order valence-electron chi connectivity index (χ1n) is 6.07. The zero-order chi connectivity index (χ0) is 12.4. The van der Waals surface area contributed by atoms with E-state index in [0.717, 1.165) is 11.1 Å². The van der Waals surface area contributed by atoms with E-state index in [1.807, 2.05) is 19.1 Å². The van der Waals surface area contributed by atoms with Crippen molar-refractivity contribution in [3.8, 4) is 0 Å². The Morgan fingerprint density at radius 2 is 1.82 bits per heavy atom. The molecule has 2 rings (SSSR count). The molecule has 0 aliphatic rings. The first kappa shape index (κ1) is 12.0. The lowest BCUT2D eigenvalue weighted by atomic mass is 9.85. The summed E-state index contributed by atoms with van der Waals surface area (Å²) in [6, 6.07) is 8.29. The minimum Gasteiger partial charge on any atom is -0.327 e. The molecule has 0 aliphatic heterocycles. The molecule has 1 aromatic carbocycles. The molecule has 2 aromatic rings. The molecule has 0 spiro atoms. The predicted molar refractivity (Wildman–Crippen MR) is 70.8 cm³/mol. The van der Waals surface area contributed by atoms with Gasteiger partial charge in [0.15, 0.2) is 0 Å². The van der Waals surface area contributed by atoms with Crippen molar-refractivity contribution in [2.24, 2.45) is 11.7 Å². The standard InChI is InChI=1S/C14H19N3/c1-9(2)13(10(3)15)14-12-7-5-4-6-11(12)8-16-17-14/h4-10,13H,15H2,1-3H3. The monoisotopic (exact) mass is 229 g/mol. The molecule has 3 heteroatoms. The van der Waals surface area contributed by atoms with Crippen LogP contribution in [0.4, 0.5) is 0 Å². The molecule has 0 bridgehead atoms. The Kier molecular flexibility index (Phi) is 3.38. The van der Waals surface area contributed by atoms with Gasteiger partial charge in [-0.05, 0) is 12.8 Å². The maximum atomic E-state index is 6.09. The van der Waals surface area contributed by atoms with Crippen LogP contribution in [0.1, 0.15) is 32.4 Å². The number of hydrogen-bond donors (Lipinski definition) is 1. The highest BCUT2D eigenvalue weighted by Gasteiger charge is 2.23. The fourth-order valence-electron chi connectivity index (χ4n) is 2.47. The van der Waals surface area contributed by atoms with Gasteiger partial charge in [-0.2, -0.15) is 10.2 Å². The van der Waals surface area contributed by atoms with Gasteiger partial charge in [-0.25, -0.2) is 0 Å². The maximum Gasteiger partial charge on any atom is 0.0758 e. The molecule has 2 atom stereocenters. The van der Waals surface area contributed by atoms with Crippen LogP contribution < -0.4 is 5.73 Å². The van der Waals surface area contributed by atoms with Crippen LogP contribution in [0.25, 0.3) is 10.8 Å². The fourth-order valence-corrected chi connectivity index (χ4v) is 2.47. The lowest BCUT2D eigenvalue weighted by Crippen LogP contribution is -2.29. The maximum absolute atomic E-state index is 6.09. The SMILES string of the molecule is CC(C)C(c1nncc2ccccc12)C(C)N. The summed E-state index contributed by atoms with van der Waals surface area (Å²) in [6.45, 7) is 6.39. The van der Waals surface area contributed by atoms with Crippen LogP contribution in [0.15, 0.2) is 30.5 Å². The topological polar surface area (TPSA) is 51.8 Å². The first-order chi connectivity index (χ1) is 8.11. The summed E-state index contributed by atoms with van der Waals surface area (Å²) in [6.07, 6.45) is 1.80. The van der Waals surface area contributed by atoms with Gasteiger partial charge >= 0.3 is 0 Å². The van der Waals surface area contributed by atoms with Crippen molar-refractivity contribution in [2.45, 2.75) is 32.7 Å². The average molecular weight is 229 g/mol. The molecule has 0 aliphatic carbocycles. The minimum atomic E-state index is 0.0788. The summed E-state index contributed by atoms with van der Waals surface area (Å²) in [4.78, 5) is 0. The molecule has 0 fully saturated rings. The van der Waals surface area contributed by atoms with E-state index in [-0.39, 0.29) is 12.0 Å². The Morgan fingerprint density at radius 1 is 1.12 bits per heavy atom. The molecule has 1 aromatic heterocycles. The highest BCUT2D eigenvalue weighted by molar-refractivity contribution is 5.84. The van der Waals surface area contributed by atoms with Gasteiger partial charge in [-0.1, -0.05) is 38.1 Å². The van der Waals surface area contributed by atoms with E-state index in [1.54, 1.807) is 6.20 Å². The number of hydrogen-bond acceptors (Lipinski definition) is 3. The summed E-state index contributed by atoms with van der Waals surface area (Å²) >= 11 is 0. The van der Waals surface area contributed by atoms with Crippen LogP contribution in [0.3, 0.4) is 0 Å². The Morgan fingerprint density at radius 3 is 2.47 bits per heavy atom. The molecule has 17 heavy (non-hydrogen) atoms. The molecule has 1 heterocycles. The second-order valence-corrected chi connectivity index (χ2v) is 4.95. The predicted octanol–water partition coefficient (Wildman–Crippen LogP) is 2.72. The molecule has 2 unspecified atom stereocenters. The molecule has 0 radical (unpaired) electrons. The van der Waals surface area contributed by atoms with E-state index >= 15 is 0 Å². The van der Waals surface area contributed by atoms with Crippen molar-refractivity contribution in [2.75, 3.05) is 0 Å². The van der Waals surface area contributed by atoms with Crippen LogP contribution in [0, 0.1) is 5.92 Å². The van der Waals surface area contributed by atoms with E-state index in [2.05, 4.69) is 36.2 Å². The number of fused-ring (bicyclic) bond motifs is 1. The van der Waals surface area contributed by atoms with Crippen LogP contribution in [-0.4, -0.2) is 16.2 Å². The van der Waals surface area contributed by atoms with Gasteiger partial charge in [0.25, 0.3) is 0 Å². The van der Waals surface area contributed by atoms with Crippen LogP contribution in [0.5, 0.6) is 0 Å². The number of nitrogens with two attached hydrogens (primary N) is 1. The number of benzene rings is 1. The van der Waals surface area contributed by atoms with Gasteiger partial charge in [0, 0.05) is 22.7 Å². The van der Waals surface area contributed by atoms with Gasteiger partial charge < -0.3 is 5.73 Å². The summed E-state index contributed by atoms with van der Waals surface area (Å²) in [7, 11) is 0. The van der Waals surface area contributed by atoms with Gasteiger partial charge in [0.2, 0.25) is 0 Å². The summed E-state index contributed by atoms with van der Waals surface area (Å²) in [5.41, 5.74) is 7.11. The van der Waals surface area contributed by atoms with Crippen molar-refractivity contribution in [1.29, 1.82) is 0 Å². The van der Waals surface area contributed by atoms with Crippen molar-refractivity contribution in [3.63, 3.8) is 0 Å². The number of nitrogens with zero attached hydrogens (tertiary/aromatic N) is 2. The molecule has 2 N–H and O–H groups in total. The molecular weight excluding hydrogens is 210 g/mol. The van der Waals surface area contributed by atoms with Gasteiger partial charge in [0.05, 0.1) is 11.9 Å². The van der Waals surface area contributed by atoms with E-state index in [9.17, 15) is 0 Å². The molecule has 90 valence electrons. The number of aromatic nitrogens is 2. The molecular formula is C14H19N3. The highest BCUT2D eigenvalue weighted by Crippen LogP contribution is 2.30. The third-order valence-corrected chi connectivity index (χ3v) is 3.20. The minimum absolute atomic E-state index is 0.0788. The van der Waals surface area contributed by atoms with Gasteiger partial charge in [0.1, 0.15) is 0 Å². The van der Waals surface area contributed by atoms with Crippen LogP contribution in [-0.2, 0) is 0 Å². The van der Waals surface area contributed by atoms with Crippen molar-refractivity contribution in [3.05, 3.63) is 36.2 Å². The molecule has 3 nitrogen and oxygen atoms in total. The Bertz CT molecular complexity index is 492. The highest BCUT2D eigenvalue weighted by atomic mass is 15.1. The Balaban J connectivity index is 2.61. The largest absolute Gasteiger partial charge is 0.327 e.